The van der Waals surface area contributed by atoms with Crippen molar-refractivity contribution in [3.8, 4) is 6.07 Å². The molecule has 118 valence electrons. The van der Waals surface area contributed by atoms with Crippen molar-refractivity contribution in [2.24, 2.45) is 5.73 Å². The number of rotatable bonds is 6. The molecule has 0 saturated heterocycles. The van der Waals surface area contributed by atoms with Crippen LogP contribution in [0.25, 0.3) is 0 Å². The third-order valence-corrected chi connectivity index (χ3v) is 5.37. The molecule has 1 aromatic rings. The van der Waals surface area contributed by atoms with E-state index in [1.807, 2.05) is 0 Å². The molecule has 7 nitrogen and oxygen atoms in total. The zero-order valence-electron chi connectivity index (χ0n) is 12.4. The molecule has 0 aliphatic rings. The third-order valence-electron chi connectivity index (χ3n) is 2.62. The van der Waals surface area contributed by atoms with Crippen molar-refractivity contribution in [3.05, 3.63) is 29.6 Å². The maximum atomic E-state index is 11.9. The number of thioether (sulfide) groups is 1. The van der Waals surface area contributed by atoms with Gasteiger partial charge in [0.15, 0.2) is 5.78 Å². The highest BCUT2D eigenvalue weighted by Crippen LogP contribution is 2.19. The predicted molar refractivity (Wildman–Crippen MR) is 83.3 cm³/mol. The Morgan fingerprint density at radius 2 is 2.09 bits per heavy atom. The summed E-state index contributed by atoms with van der Waals surface area (Å²) in [5.41, 5.74) is 5.56. The van der Waals surface area contributed by atoms with Crippen molar-refractivity contribution in [2.45, 2.75) is 16.8 Å². The fraction of sp³-hybridized carbons (Fsp3) is 0.308. The second-order valence-electron chi connectivity index (χ2n) is 4.50. The van der Waals surface area contributed by atoms with Crippen molar-refractivity contribution in [3.63, 3.8) is 0 Å². The molecule has 0 unspecified atom stereocenters. The maximum Gasteiger partial charge on any atom is 0.244 e. The van der Waals surface area contributed by atoms with Crippen LogP contribution in [-0.4, -0.2) is 43.3 Å². The molecule has 0 atom stereocenters. The minimum atomic E-state index is -3.53. The van der Waals surface area contributed by atoms with E-state index in [1.165, 1.54) is 39.3 Å². The van der Waals surface area contributed by atoms with E-state index in [9.17, 15) is 13.2 Å². The average Bonchev–Trinajstić information content (AvgIpc) is 2.45. The number of nitrogens with two attached hydrogens (primary N) is 1. The molecule has 9 heteroatoms. The lowest BCUT2D eigenvalue weighted by Gasteiger charge is -2.10. The second-order valence-corrected chi connectivity index (χ2v) is 7.65. The zero-order valence-corrected chi connectivity index (χ0v) is 14.0. The van der Waals surface area contributed by atoms with Crippen molar-refractivity contribution in [1.29, 1.82) is 5.26 Å². The van der Waals surface area contributed by atoms with Crippen LogP contribution in [0.3, 0.4) is 0 Å². The summed E-state index contributed by atoms with van der Waals surface area (Å²) in [6, 6.07) is 4.70. The lowest BCUT2D eigenvalue weighted by molar-refractivity contribution is -0.112. The van der Waals surface area contributed by atoms with Crippen LogP contribution < -0.4 is 5.73 Å². The van der Waals surface area contributed by atoms with Crippen LogP contribution in [0, 0.1) is 11.3 Å². The number of nitriles is 1. The first kappa shape index (κ1) is 18.2. The molecule has 0 aliphatic carbocycles. The molecule has 0 bridgehead atoms. The first-order valence-corrected chi connectivity index (χ1v) is 8.53. The third kappa shape index (κ3) is 4.30. The van der Waals surface area contributed by atoms with Gasteiger partial charge in [0.1, 0.15) is 16.5 Å². The molecule has 1 heterocycles. The molecule has 2 N–H and O–H groups in total. The Hall–Kier alpha value is -1.89. The fourth-order valence-corrected chi connectivity index (χ4v) is 2.96. The molecule has 0 amide bonds. The van der Waals surface area contributed by atoms with Gasteiger partial charge in [-0.25, -0.2) is 17.7 Å². The molecular weight excluding hydrogens is 324 g/mol. The summed E-state index contributed by atoms with van der Waals surface area (Å²) in [5.74, 6) is -0.385. The van der Waals surface area contributed by atoms with Crippen LogP contribution in [0.2, 0.25) is 0 Å². The van der Waals surface area contributed by atoms with Crippen molar-refractivity contribution >= 4 is 27.6 Å². The van der Waals surface area contributed by atoms with E-state index in [4.69, 9.17) is 11.0 Å². The number of aromatic nitrogens is 1. The molecule has 1 aromatic heterocycles. The van der Waals surface area contributed by atoms with Gasteiger partial charge >= 0.3 is 0 Å². The molecular formula is C13H16N4O3S2. The summed E-state index contributed by atoms with van der Waals surface area (Å²) < 4.78 is 24.9. The molecule has 0 spiro atoms. The number of Topliss-reactive ketones (excluding diaryl/α,β-unsaturated/α-hetero) is 1. The maximum absolute atomic E-state index is 11.9. The van der Waals surface area contributed by atoms with Gasteiger partial charge in [0.25, 0.3) is 0 Å². The van der Waals surface area contributed by atoms with Crippen LogP contribution in [-0.2, 0) is 14.8 Å². The van der Waals surface area contributed by atoms with Gasteiger partial charge in [-0.05, 0) is 19.1 Å². The van der Waals surface area contributed by atoms with E-state index in [-0.39, 0.29) is 27.7 Å². The first-order chi connectivity index (χ1) is 10.2. The minimum absolute atomic E-state index is 0.00418. The number of sulfonamides is 1. The molecule has 0 aliphatic heterocycles. The number of allylic oxidation sites excluding steroid dienone is 2. The smallest absolute Gasteiger partial charge is 0.244 e. The summed E-state index contributed by atoms with van der Waals surface area (Å²) in [7, 11) is -0.662. The largest absolute Gasteiger partial charge is 0.401 e. The highest BCUT2D eigenvalue weighted by Gasteiger charge is 2.18. The van der Waals surface area contributed by atoms with Gasteiger partial charge in [-0.3, -0.25) is 4.79 Å². The highest BCUT2D eigenvalue weighted by molar-refractivity contribution is 7.99. The lowest BCUT2D eigenvalue weighted by atomic mass is 10.2. The van der Waals surface area contributed by atoms with Crippen LogP contribution in [0.5, 0.6) is 0 Å². The Balaban J connectivity index is 2.81. The number of pyridine rings is 1. The van der Waals surface area contributed by atoms with Crippen LogP contribution in [0.15, 0.2) is 39.5 Å². The Morgan fingerprint density at radius 3 is 2.50 bits per heavy atom. The van der Waals surface area contributed by atoms with Crippen molar-refractivity contribution in [2.75, 3.05) is 19.8 Å². The van der Waals surface area contributed by atoms with Gasteiger partial charge in [-0.15, -0.1) is 0 Å². The fourth-order valence-electron chi connectivity index (χ4n) is 1.40. The Morgan fingerprint density at radius 1 is 1.45 bits per heavy atom. The highest BCUT2D eigenvalue weighted by atomic mass is 32.2. The summed E-state index contributed by atoms with van der Waals surface area (Å²) >= 11 is 1.11. The number of ketones is 1. The number of carbonyl (C=O) groups excluding carboxylic acids is 1. The molecule has 22 heavy (non-hydrogen) atoms. The van der Waals surface area contributed by atoms with Crippen LogP contribution in [0.4, 0.5) is 0 Å². The predicted octanol–water partition coefficient (Wildman–Crippen LogP) is 0.749. The van der Waals surface area contributed by atoms with Gasteiger partial charge < -0.3 is 5.73 Å². The van der Waals surface area contributed by atoms with E-state index in [0.717, 1.165) is 16.1 Å². The van der Waals surface area contributed by atoms with E-state index >= 15 is 0 Å². The number of nitrogens with zero attached hydrogens (tertiary/aromatic N) is 3. The average molecular weight is 340 g/mol. The van der Waals surface area contributed by atoms with E-state index in [1.54, 1.807) is 6.07 Å². The standard InChI is InChI=1S/C13H16N4O3S2/c1-9(15)11(6-14)12(18)8-21-13-5-4-10(7-16-13)22(19,20)17(2)3/h4-5,7H,8,15H2,1-3H3/b11-9+. The molecule has 0 radical (unpaired) electrons. The monoisotopic (exact) mass is 340 g/mol. The van der Waals surface area contributed by atoms with Crippen LogP contribution in [0.1, 0.15) is 6.92 Å². The topological polar surface area (TPSA) is 117 Å². The summed E-state index contributed by atoms with van der Waals surface area (Å²) in [6.45, 7) is 1.49. The second kappa shape index (κ2) is 7.40. The van der Waals surface area contributed by atoms with E-state index in [2.05, 4.69) is 4.98 Å². The Bertz CT molecular complexity index is 728. The number of hydrogen-bond donors (Lipinski definition) is 1. The van der Waals surface area contributed by atoms with E-state index in [0.29, 0.717) is 5.03 Å². The zero-order chi connectivity index (χ0) is 16.9. The minimum Gasteiger partial charge on any atom is -0.401 e. The summed E-state index contributed by atoms with van der Waals surface area (Å²) in [6.07, 6.45) is 1.23. The quantitative estimate of drug-likeness (QED) is 0.461. The number of hydrogen-bond acceptors (Lipinski definition) is 7. The Kier molecular flexibility index (Phi) is 6.11. The van der Waals surface area contributed by atoms with Gasteiger partial charge in [0.2, 0.25) is 10.0 Å². The normalized spacial score (nSPS) is 12.7. The molecule has 0 fully saturated rings. The summed E-state index contributed by atoms with van der Waals surface area (Å²) in [5, 5.41) is 9.32. The first-order valence-electron chi connectivity index (χ1n) is 6.11. The number of carbonyl (C=O) groups is 1. The van der Waals surface area contributed by atoms with Gasteiger partial charge in [0, 0.05) is 26.0 Å². The van der Waals surface area contributed by atoms with Gasteiger partial charge in [-0.2, -0.15) is 5.26 Å². The molecule has 0 aromatic carbocycles. The van der Waals surface area contributed by atoms with Gasteiger partial charge in [-0.1, -0.05) is 11.8 Å². The van der Waals surface area contributed by atoms with Crippen molar-refractivity contribution in [1.82, 2.24) is 9.29 Å². The lowest BCUT2D eigenvalue weighted by Crippen LogP contribution is -2.22. The van der Waals surface area contributed by atoms with E-state index < -0.39 is 10.0 Å². The molecule has 1 rings (SSSR count). The Labute approximate surface area is 133 Å². The SMILES string of the molecule is C/C(N)=C(/C#N)C(=O)CSc1ccc(S(=O)(=O)N(C)C)cn1. The van der Waals surface area contributed by atoms with Gasteiger partial charge in [0.05, 0.1) is 10.8 Å². The molecule has 0 saturated carbocycles. The summed E-state index contributed by atoms with van der Waals surface area (Å²) in [4.78, 5) is 15.9. The van der Waals surface area contributed by atoms with Crippen LogP contribution >= 0.6 is 11.8 Å². The van der Waals surface area contributed by atoms with Crippen molar-refractivity contribution < 1.29 is 13.2 Å².